The Kier molecular flexibility index (Phi) is 6.59. The monoisotopic (exact) mass is 338 g/mol. The van der Waals surface area contributed by atoms with Gasteiger partial charge in [0.05, 0.1) is 4.90 Å². The number of benzene rings is 1. The minimum Gasteiger partial charge on any atom is -0.349 e. The van der Waals surface area contributed by atoms with Crippen molar-refractivity contribution < 1.29 is 13.2 Å². The summed E-state index contributed by atoms with van der Waals surface area (Å²) in [6.07, 6.45) is 7.23. The van der Waals surface area contributed by atoms with Crippen LogP contribution in [-0.4, -0.2) is 26.9 Å². The van der Waals surface area contributed by atoms with Crippen LogP contribution in [0.25, 0.3) is 0 Å². The molecule has 0 saturated heterocycles. The largest absolute Gasteiger partial charge is 0.349 e. The van der Waals surface area contributed by atoms with Crippen molar-refractivity contribution in [1.29, 1.82) is 0 Å². The van der Waals surface area contributed by atoms with E-state index in [1.807, 2.05) is 6.92 Å². The standard InChI is InChI=1S/C17H26N2O3S/c1-2-3-12-18-23(21,22)16-11-7-8-14(13-16)17(20)19-15-9-5-4-6-10-15/h7-8,11,13,15,18H,2-6,9-10,12H2,1H3,(H,19,20). The molecule has 23 heavy (non-hydrogen) atoms. The fraction of sp³-hybridized carbons (Fsp3) is 0.588. The van der Waals surface area contributed by atoms with E-state index < -0.39 is 10.0 Å². The SMILES string of the molecule is CCCCNS(=O)(=O)c1cccc(C(=O)NC2CCCCC2)c1. The van der Waals surface area contributed by atoms with Crippen LogP contribution >= 0.6 is 0 Å². The van der Waals surface area contributed by atoms with Gasteiger partial charge in [0.1, 0.15) is 0 Å². The number of hydrogen-bond donors (Lipinski definition) is 2. The fourth-order valence-electron chi connectivity index (χ4n) is 2.79. The third-order valence-electron chi connectivity index (χ3n) is 4.17. The molecule has 0 heterocycles. The Morgan fingerprint density at radius 2 is 1.96 bits per heavy atom. The van der Waals surface area contributed by atoms with Crippen molar-refractivity contribution in [3.05, 3.63) is 29.8 Å². The first-order valence-electron chi connectivity index (χ1n) is 8.43. The number of carbonyl (C=O) groups excluding carboxylic acids is 1. The molecule has 0 atom stereocenters. The van der Waals surface area contributed by atoms with E-state index in [2.05, 4.69) is 10.0 Å². The lowest BCUT2D eigenvalue weighted by Crippen LogP contribution is -2.36. The summed E-state index contributed by atoms with van der Waals surface area (Å²) in [5.74, 6) is -0.192. The number of sulfonamides is 1. The molecule has 0 aliphatic heterocycles. The normalized spacial score (nSPS) is 16.2. The summed E-state index contributed by atoms with van der Waals surface area (Å²) in [5, 5.41) is 3.01. The Labute approximate surface area is 138 Å². The maximum Gasteiger partial charge on any atom is 0.251 e. The van der Waals surface area contributed by atoms with Crippen molar-refractivity contribution >= 4 is 15.9 Å². The number of hydrogen-bond acceptors (Lipinski definition) is 3. The van der Waals surface area contributed by atoms with Crippen molar-refractivity contribution in [3.63, 3.8) is 0 Å². The number of unbranched alkanes of at least 4 members (excludes halogenated alkanes) is 1. The predicted molar refractivity (Wildman–Crippen MR) is 90.9 cm³/mol. The molecular weight excluding hydrogens is 312 g/mol. The van der Waals surface area contributed by atoms with Crippen LogP contribution in [0.5, 0.6) is 0 Å². The summed E-state index contributed by atoms with van der Waals surface area (Å²) in [6, 6.07) is 6.45. The molecule has 0 unspecified atom stereocenters. The van der Waals surface area contributed by atoms with Gasteiger partial charge in [0, 0.05) is 18.2 Å². The summed E-state index contributed by atoms with van der Waals surface area (Å²) < 4.78 is 27.0. The summed E-state index contributed by atoms with van der Waals surface area (Å²) >= 11 is 0. The lowest BCUT2D eigenvalue weighted by molar-refractivity contribution is 0.0927. The highest BCUT2D eigenvalue weighted by Crippen LogP contribution is 2.18. The summed E-state index contributed by atoms with van der Waals surface area (Å²) in [4.78, 5) is 12.5. The molecule has 1 aliphatic rings. The van der Waals surface area contributed by atoms with Crippen molar-refractivity contribution in [3.8, 4) is 0 Å². The molecule has 0 radical (unpaired) electrons. The maximum atomic E-state index is 12.3. The zero-order valence-electron chi connectivity index (χ0n) is 13.7. The van der Waals surface area contributed by atoms with Gasteiger partial charge in [0.25, 0.3) is 5.91 Å². The molecule has 1 amide bonds. The van der Waals surface area contributed by atoms with Crippen molar-refractivity contribution in [2.45, 2.75) is 62.8 Å². The van der Waals surface area contributed by atoms with Crippen molar-refractivity contribution in [1.82, 2.24) is 10.0 Å². The predicted octanol–water partition coefficient (Wildman–Crippen LogP) is 2.83. The zero-order valence-corrected chi connectivity index (χ0v) is 14.5. The first kappa shape index (κ1) is 17.9. The van der Waals surface area contributed by atoms with E-state index in [4.69, 9.17) is 0 Å². The lowest BCUT2D eigenvalue weighted by Gasteiger charge is -2.22. The number of amides is 1. The van der Waals surface area contributed by atoms with E-state index in [0.717, 1.165) is 38.5 Å². The molecule has 0 spiro atoms. The average molecular weight is 338 g/mol. The summed E-state index contributed by atoms with van der Waals surface area (Å²) in [5.41, 5.74) is 0.397. The molecular formula is C17H26N2O3S. The minimum absolute atomic E-state index is 0.143. The second-order valence-corrected chi connectivity index (χ2v) is 7.85. The topological polar surface area (TPSA) is 75.3 Å². The van der Waals surface area contributed by atoms with Gasteiger partial charge < -0.3 is 5.32 Å². The number of carbonyl (C=O) groups is 1. The van der Waals surface area contributed by atoms with Gasteiger partial charge in [-0.15, -0.1) is 0 Å². The molecule has 2 rings (SSSR count). The molecule has 1 aliphatic carbocycles. The van der Waals surface area contributed by atoms with Gasteiger partial charge >= 0.3 is 0 Å². The highest BCUT2D eigenvalue weighted by atomic mass is 32.2. The van der Waals surface area contributed by atoms with Crippen LogP contribution in [0.1, 0.15) is 62.2 Å². The lowest BCUT2D eigenvalue weighted by atomic mass is 9.95. The highest BCUT2D eigenvalue weighted by molar-refractivity contribution is 7.89. The molecule has 2 N–H and O–H groups in total. The zero-order chi connectivity index (χ0) is 16.7. The molecule has 5 nitrogen and oxygen atoms in total. The van der Waals surface area contributed by atoms with Crippen LogP contribution in [0.3, 0.4) is 0 Å². The smallest absolute Gasteiger partial charge is 0.251 e. The van der Waals surface area contributed by atoms with Crippen LogP contribution in [0.2, 0.25) is 0 Å². The summed E-state index contributed by atoms with van der Waals surface area (Å²) in [6.45, 7) is 2.42. The van der Waals surface area contributed by atoms with Gasteiger partial charge in [-0.3, -0.25) is 4.79 Å². The second-order valence-electron chi connectivity index (χ2n) is 6.09. The molecule has 0 bridgehead atoms. The van der Waals surface area contributed by atoms with Crippen LogP contribution in [0.4, 0.5) is 0 Å². The van der Waals surface area contributed by atoms with E-state index in [-0.39, 0.29) is 16.8 Å². The fourth-order valence-corrected chi connectivity index (χ4v) is 3.91. The van der Waals surface area contributed by atoms with Gasteiger partial charge in [0.2, 0.25) is 10.0 Å². The van der Waals surface area contributed by atoms with Gasteiger partial charge in [-0.05, 0) is 37.5 Å². The molecule has 128 valence electrons. The first-order valence-corrected chi connectivity index (χ1v) is 9.92. The molecule has 1 aromatic rings. The van der Waals surface area contributed by atoms with Crippen LogP contribution in [0.15, 0.2) is 29.2 Å². The van der Waals surface area contributed by atoms with Gasteiger partial charge in [0.15, 0.2) is 0 Å². The Balaban J connectivity index is 2.04. The van der Waals surface area contributed by atoms with Gasteiger partial charge in [-0.2, -0.15) is 0 Å². The third-order valence-corrected chi connectivity index (χ3v) is 5.63. The average Bonchev–Trinajstić information content (AvgIpc) is 2.56. The van der Waals surface area contributed by atoms with Crippen LogP contribution < -0.4 is 10.0 Å². The van der Waals surface area contributed by atoms with E-state index in [0.29, 0.717) is 12.1 Å². The molecule has 0 aromatic heterocycles. The Hall–Kier alpha value is -1.40. The van der Waals surface area contributed by atoms with Crippen LogP contribution in [-0.2, 0) is 10.0 Å². The van der Waals surface area contributed by atoms with Gasteiger partial charge in [-0.25, -0.2) is 13.1 Å². The quantitative estimate of drug-likeness (QED) is 0.751. The first-order chi connectivity index (χ1) is 11.0. The van der Waals surface area contributed by atoms with E-state index in [1.54, 1.807) is 12.1 Å². The van der Waals surface area contributed by atoms with E-state index in [1.165, 1.54) is 18.6 Å². The summed E-state index contributed by atoms with van der Waals surface area (Å²) in [7, 11) is -3.55. The third kappa shape index (κ3) is 5.32. The second kappa shape index (κ2) is 8.45. The minimum atomic E-state index is -3.55. The molecule has 6 heteroatoms. The van der Waals surface area contributed by atoms with E-state index >= 15 is 0 Å². The number of nitrogens with one attached hydrogen (secondary N) is 2. The molecule has 1 saturated carbocycles. The Morgan fingerprint density at radius 3 is 2.65 bits per heavy atom. The van der Waals surface area contributed by atoms with Crippen molar-refractivity contribution in [2.75, 3.05) is 6.54 Å². The Morgan fingerprint density at radius 1 is 1.22 bits per heavy atom. The molecule has 1 fully saturated rings. The maximum absolute atomic E-state index is 12.3. The molecule has 1 aromatic carbocycles. The van der Waals surface area contributed by atoms with Crippen molar-refractivity contribution in [2.24, 2.45) is 0 Å². The van der Waals surface area contributed by atoms with Gasteiger partial charge in [-0.1, -0.05) is 38.7 Å². The highest BCUT2D eigenvalue weighted by Gasteiger charge is 2.19. The Bertz CT molecular complexity index is 622. The number of rotatable bonds is 7. The van der Waals surface area contributed by atoms with Crippen LogP contribution in [0, 0.1) is 0 Å². The van der Waals surface area contributed by atoms with E-state index in [9.17, 15) is 13.2 Å².